The predicted molar refractivity (Wildman–Crippen MR) is 62.2 cm³/mol. The first-order chi connectivity index (χ1) is 7.63. The molecule has 2 rings (SSSR count). The van der Waals surface area contributed by atoms with Gasteiger partial charge in [-0.25, -0.2) is 0 Å². The maximum atomic E-state index is 12.0. The molecule has 2 nitrogen and oxygen atoms in total. The van der Waals surface area contributed by atoms with E-state index >= 15 is 0 Å². The Bertz CT molecular complexity index is 468. The van der Waals surface area contributed by atoms with Gasteiger partial charge in [0.2, 0.25) is 0 Å². The maximum absolute atomic E-state index is 12.0. The van der Waals surface area contributed by atoms with Gasteiger partial charge in [0.1, 0.15) is 0 Å². The Morgan fingerprint density at radius 3 is 3.06 bits per heavy atom. The summed E-state index contributed by atoms with van der Waals surface area (Å²) < 4.78 is 0. The molecule has 16 heavy (non-hydrogen) atoms. The summed E-state index contributed by atoms with van der Waals surface area (Å²) in [6.45, 7) is 1.96. The average molecular weight is 214 g/mol. The molecular weight excluding hydrogens is 200 g/mol. The summed E-state index contributed by atoms with van der Waals surface area (Å²) in [6.07, 6.45) is 5.28. The van der Waals surface area contributed by atoms with Crippen molar-refractivity contribution in [2.75, 3.05) is 0 Å². The van der Waals surface area contributed by atoms with Gasteiger partial charge < -0.3 is 5.11 Å². The molecule has 0 aromatic heterocycles. The average Bonchev–Trinajstić information content (AvgIpc) is 2.57. The van der Waals surface area contributed by atoms with Gasteiger partial charge in [-0.3, -0.25) is 4.79 Å². The summed E-state index contributed by atoms with van der Waals surface area (Å²) in [7, 11) is 0. The zero-order chi connectivity index (χ0) is 11.7. The van der Waals surface area contributed by atoms with E-state index in [2.05, 4.69) is 5.92 Å². The molecule has 1 aliphatic carbocycles. The number of aliphatic hydroxyl groups is 1. The van der Waals surface area contributed by atoms with Crippen LogP contribution in [0.15, 0.2) is 18.2 Å². The largest absolute Gasteiger partial charge is 0.391 e. The van der Waals surface area contributed by atoms with Gasteiger partial charge in [0, 0.05) is 12.0 Å². The summed E-state index contributed by atoms with van der Waals surface area (Å²) in [5.41, 5.74) is 2.84. The normalized spacial score (nSPS) is 20.3. The van der Waals surface area contributed by atoms with Crippen LogP contribution in [0.2, 0.25) is 0 Å². The Balaban J connectivity index is 2.28. The molecule has 0 bridgehead atoms. The smallest absolute Gasteiger partial charge is 0.169 e. The van der Waals surface area contributed by atoms with Gasteiger partial charge in [-0.1, -0.05) is 17.7 Å². The number of carbonyl (C=O) groups excluding carboxylic acids is 1. The van der Waals surface area contributed by atoms with Gasteiger partial charge in [0.25, 0.3) is 0 Å². The summed E-state index contributed by atoms with van der Waals surface area (Å²) in [5.74, 6) is 2.08. The highest BCUT2D eigenvalue weighted by Gasteiger charge is 2.34. The Labute approximate surface area is 95.3 Å². The van der Waals surface area contributed by atoms with Crippen molar-refractivity contribution in [3.05, 3.63) is 34.9 Å². The van der Waals surface area contributed by atoms with Crippen LogP contribution in [0.1, 0.15) is 27.9 Å². The van der Waals surface area contributed by atoms with Crippen molar-refractivity contribution in [2.24, 2.45) is 5.92 Å². The molecule has 1 aliphatic rings. The van der Waals surface area contributed by atoms with Gasteiger partial charge in [-0.2, -0.15) is 0 Å². The number of carbonyl (C=O) groups is 1. The second-order valence-electron chi connectivity index (χ2n) is 4.31. The molecule has 1 N–H and O–H groups in total. The fraction of sp³-hybridized carbons (Fsp3) is 0.357. The molecule has 0 saturated carbocycles. The SMILES string of the molecule is C#CCC(O)C1Cc2ccc(C)cc2C1=O. The summed E-state index contributed by atoms with van der Waals surface area (Å²) in [5, 5.41) is 9.80. The Morgan fingerprint density at radius 1 is 1.62 bits per heavy atom. The van der Waals surface area contributed by atoms with Crippen LogP contribution in [0, 0.1) is 25.2 Å². The second kappa shape index (κ2) is 4.11. The fourth-order valence-electron chi connectivity index (χ4n) is 2.20. The molecule has 0 heterocycles. The van der Waals surface area contributed by atoms with Crippen LogP contribution in [0.3, 0.4) is 0 Å². The number of aryl methyl sites for hydroxylation is 1. The molecule has 82 valence electrons. The number of ketones is 1. The molecule has 0 radical (unpaired) electrons. The molecule has 0 spiro atoms. The fourth-order valence-corrected chi connectivity index (χ4v) is 2.20. The number of rotatable bonds is 2. The van der Waals surface area contributed by atoms with Crippen molar-refractivity contribution in [1.82, 2.24) is 0 Å². The number of hydrogen-bond donors (Lipinski definition) is 1. The van der Waals surface area contributed by atoms with Gasteiger partial charge in [-0.05, 0) is 25.0 Å². The summed E-state index contributed by atoms with van der Waals surface area (Å²) in [6, 6.07) is 5.84. The minimum Gasteiger partial charge on any atom is -0.391 e. The van der Waals surface area contributed by atoms with E-state index in [0.717, 1.165) is 16.7 Å². The minimum atomic E-state index is -0.717. The highest BCUT2D eigenvalue weighted by molar-refractivity contribution is 6.02. The molecule has 2 unspecified atom stereocenters. The van der Waals surface area contributed by atoms with Gasteiger partial charge >= 0.3 is 0 Å². The van der Waals surface area contributed by atoms with Crippen LogP contribution in [0.4, 0.5) is 0 Å². The number of hydrogen-bond acceptors (Lipinski definition) is 2. The van der Waals surface area contributed by atoms with E-state index in [1.165, 1.54) is 0 Å². The number of fused-ring (bicyclic) bond motifs is 1. The van der Waals surface area contributed by atoms with Crippen LogP contribution < -0.4 is 0 Å². The lowest BCUT2D eigenvalue weighted by molar-refractivity contribution is 0.0725. The third kappa shape index (κ3) is 1.75. The molecule has 2 atom stereocenters. The van der Waals surface area contributed by atoms with Crippen molar-refractivity contribution in [2.45, 2.75) is 25.9 Å². The third-order valence-electron chi connectivity index (χ3n) is 3.10. The second-order valence-corrected chi connectivity index (χ2v) is 4.31. The van der Waals surface area contributed by atoms with Crippen molar-refractivity contribution < 1.29 is 9.90 Å². The van der Waals surface area contributed by atoms with Crippen molar-refractivity contribution >= 4 is 5.78 Å². The highest BCUT2D eigenvalue weighted by Crippen LogP contribution is 2.30. The summed E-state index contributed by atoms with van der Waals surface area (Å²) >= 11 is 0. The zero-order valence-corrected chi connectivity index (χ0v) is 9.23. The molecule has 1 aromatic rings. The number of Topliss-reactive ketones (excluding diaryl/α,β-unsaturated/α-hetero) is 1. The van der Waals surface area contributed by atoms with E-state index in [-0.39, 0.29) is 18.1 Å². The van der Waals surface area contributed by atoms with Crippen LogP contribution in [-0.4, -0.2) is 17.0 Å². The van der Waals surface area contributed by atoms with Crippen LogP contribution in [0.5, 0.6) is 0 Å². The maximum Gasteiger partial charge on any atom is 0.169 e. The van der Waals surface area contributed by atoms with Crippen LogP contribution in [0.25, 0.3) is 0 Å². The molecule has 0 fully saturated rings. The van der Waals surface area contributed by atoms with E-state index in [0.29, 0.717) is 6.42 Å². The topological polar surface area (TPSA) is 37.3 Å². The third-order valence-corrected chi connectivity index (χ3v) is 3.10. The monoisotopic (exact) mass is 214 g/mol. The molecule has 2 heteroatoms. The van der Waals surface area contributed by atoms with Crippen molar-refractivity contribution in [3.8, 4) is 12.3 Å². The predicted octanol–water partition coefficient (Wildman–Crippen LogP) is 1.73. The van der Waals surface area contributed by atoms with Gasteiger partial charge in [0.15, 0.2) is 5.78 Å². The molecular formula is C14H14O2. The lowest BCUT2D eigenvalue weighted by atomic mass is 9.96. The van der Waals surface area contributed by atoms with E-state index < -0.39 is 6.10 Å². The number of aliphatic hydroxyl groups excluding tert-OH is 1. The number of benzene rings is 1. The molecule has 1 aromatic carbocycles. The Kier molecular flexibility index (Phi) is 2.80. The lowest BCUT2D eigenvalue weighted by Gasteiger charge is -2.13. The van der Waals surface area contributed by atoms with Crippen molar-refractivity contribution in [1.29, 1.82) is 0 Å². The van der Waals surface area contributed by atoms with Crippen LogP contribution >= 0.6 is 0 Å². The Hall–Kier alpha value is -1.59. The zero-order valence-electron chi connectivity index (χ0n) is 9.23. The Morgan fingerprint density at radius 2 is 2.38 bits per heavy atom. The standard InChI is InChI=1S/C14H14O2/c1-3-4-13(15)12-8-10-6-5-9(2)7-11(10)14(12)16/h1,5-7,12-13,15H,4,8H2,2H3. The van der Waals surface area contributed by atoms with E-state index in [4.69, 9.17) is 6.42 Å². The van der Waals surface area contributed by atoms with E-state index in [1.54, 1.807) is 0 Å². The highest BCUT2D eigenvalue weighted by atomic mass is 16.3. The van der Waals surface area contributed by atoms with Crippen molar-refractivity contribution in [3.63, 3.8) is 0 Å². The first-order valence-electron chi connectivity index (χ1n) is 5.38. The molecule has 0 saturated heterocycles. The molecule has 0 amide bonds. The number of terminal acetylenes is 1. The van der Waals surface area contributed by atoms with Gasteiger partial charge in [0.05, 0.1) is 12.0 Å². The first-order valence-corrected chi connectivity index (χ1v) is 5.38. The van der Waals surface area contributed by atoms with E-state index in [1.807, 2.05) is 25.1 Å². The lowest BCUT2D eigenvalue weighted by Crippen LogP contribution is -2.25. The van der Waals surface area contributed by atoms with Crippen LogP contribution in [-0.2, 0) is 6.42 Å². The summed E-state index contributed by atoms with van der Waals surface area (Å²) in [4.78, 5) is 12.0. The molecule has 0 aliphatic heterocycles. The first kappa shape index (κ1) is 10.9. The minimum absolute atomic E-state index is 0.0291. The quantitative estimate of drug-likeness (QED) is 0.761. The van der Waals surface area contributed by atoms with E-state index in [9.17, 15) is 9.90 Å². The van der Waals surface area contributed by atoms with Gasteiger partial charge in [-0.15, -0.1) is 12.3 Å².